The van der Waals surface area contributed by atoms with Gasteiger partial charge in [-0.3, -0.25) is 0 Å². The summed E-state index contributed by atoms with van der Waals surface area (Å²) in [6.45, 7) is 3.44. The number of rotatable bonds is 4. The topological polar surface area (TPSA) is 18.5 Å². The lowest BCUT2D eigenvalue weighted by atomic mass is 10.3. The summed E-state index contributed by atoms with van der Waals surface area (Å²) >= 11 is 48.7. The second-order valence-corrected chi connectivity index (χ2v) is 11.5. The summed E-state index contributed by atoms with van der Waals surface area (Å²) in [6, 6.07) is 2.83. The van der Waals surface area contributed by atoms with Gasteiger partial charge in [-0.05, 0) is 12.1 Å². The van der Waals surface area contributed by atoms with E-state index < -0.39 is 8.56 Å². The Morgan fingerprint density at radius 2 is 0.800 bits per heavy atom. The van der Waals surface area contributed by atoms with E-state index in [9.17, 15) is 0 Å². The van der Waals surface area contributed by atoms with Gasteiger partial charge in [-0.25, -0.2) is 0 Å². The molecule has 0 saturated carbocycles. The van der Waals surface area contributed by atoms with Gasteiger partial charge in [0.25, 0.3) is 0 Å². The van der Waals surface area contributed by atoms with E-state index in [1.807, 2.05) is 0 Å². The van der Waals surface area contributed by atoms with Crippen LogP contribution in [0.4, 0.5) is 0 Å². The molecule has 0 N–H and O–H groups in total. The molecule has 0 radical (unpaired) electrons. The molecule has 0 amide bonds. The third kappa shape index (κ3) is 4.90. The quantitative estimate of drug-likeness (QED) is 0.296. The van der Waals surface area contributed by atoms with Crippen LogP contribution in [-0.4, -0.2) is 8.56 Å². The second kappa shape index (κ2) is 8.30. The van der Waals surface area contributed by atoms with Gasteiger partial charge in [0.15, 0.2) is 0 Å². The highest BCUT2D eigenvalue weighted by atomic mass is 35.5. The van der Waals surface area contributed by atoms with Crippen molar-refractivity contribution in [2.24, 2.45) is 0 Å². The highest BCUT2D eigenvalue weighted by molar-refractivity contribution is 6.67. The van der Waals surface area contributed by atoms with Crippen LogP contribution in [0.1, 0.15) is 0 Å². The fourth-order valence-corrected chi connectivity index (χ4v) is 5.22. The van der Waals surface area contributed by atoms with E-state index in [4.69, 9.17) is 102 Å². The van der Waals surface area contributed by atoms with Crippen molar-refractivity contribution in [3.05, 3.63) is 52.3 Å². The predicted molar refractivity (Wildman–Crippen MR) is 112 cm³/mol. The Labute approximate surface area is 185 Å². The van der Waals surface area contributed by atoms with Crippen LogP contribution in [0.15, 0.2) is 12.1 Å². The standard InChI is InChI=1S/C14H8Cl8O2Si/c1-25(2,23-13-9(19)5(15)3-6(16)10(13)20)24-14-11(21)7(17)4-8(18)12(14)22/h3-4H,1-2H3. The molecule has 0 atom stereocenters. The highest BCUT2D eigenvalue weighted by Crippen LogP contribution is 2.46. The lowest BCUT2D eigenvalue weighted by Gasteiger charge is -2.27. The SMILES string of the molecule is C[Si](C)(Oc1c(Cl)c(Cl)cc(Cl)c1Cl)Oc1c(Cl)c(Cl)cc(Cl)c1Cl. The summed E-state index contributed by atoms with van der Waals surface area (Å²) in [5, 5.41) is 1.22. The molecule has 2 aromatic rings. The molecule has 25 heavy (non-hydrogen) atoms. The van der Waals surface area contributed by atoms with Crippen molar-refractivity contribution in [2.45, 2.75) is 13.1 Å². The molecule has 0 spiro atoms. The molecular weight excluding hydrogens is 512 g/mol. The number of hydrogen-bond acceptors (Lipinski definition) is 2. The Bertz CT molecular complexity index is 721. The summed E-state index contributed by atoms with van der Waals surface area (Å²) in [6.07, 6.45) is 0. The maximum Gasteiger partial charge on any atom is 0.454 e. The number of halogens is 8. The van der Waals surface area contributed by atoms with E-state index in [-0.39, 0.29) is 51.7 Å². The summed E-state index contributed by atoms with van der Waals surface area (Å²) < 4.78 is 11.8. The van der Waals surface area contributed by atoms with Gasteiger partial charge in [0, 0.05) is 13.1 Å². The Balaban J connectivity index is 2.43. The van der Waals surface area contributed by atoms with Gasteiger partial charge < -0.3 is 8.85 Å². The van der Waals surface area contributed by atoms with Gasteiger partial charge in [-0.15, -0.1) is 0 Å². The van der Waals surface area contributed by atoms with Gasteiger partial charge in [0.05, 0.1) is 20.1 Å². The lowest BCUT2D eigenvalue weighted by molar-refractivity contribution is 0.400. The Morgan fingerprint density at radius 3 is 1.04 bits per heavy atom. The van der Waals surface area contributed by atoms with Gasteiger partial charge >= 0.3 is 8.56 Å². The first-order valence-corrected chi connectivity index (χ1v) is 12.3. The predicted octanol–water partition coefficient (Wildman–Crippen LogP) is 9.07. The van der Waals surface area contributed by atoms with Crippen LogP contribution in [0.2, 0.25) is 53.3 Å². The van der Waals surface area contributed by atoms with E-state index in [0.717, 1.165) is 0 Å². The molecule has 2 nitrogen and oxygen atoms in total. The Kier molecular flexibility index (Phi) is 7.26. The van der Waals surface area contributed by atoms with E-state index in [1.54, 1.807) is 13.1 Å². The van der Waals surface area contributed by atoms with Crippen molar-refractivity contribution in [1.29, 1.82) is 0 Å². The van der Waals surface area contributed by atoms with Gasteiger partial charge in [-0.2, -0.15) is 0 Å². The molecule has 0 fully saturated rings. The van der Waals surface area contributed by atoms with Crippen molar-refractivity contribution in [2.75, 3.05) is 0 Å². The average molecular weight is 520 g/mol. The van der Waals surface area contributed by atoms with Crippen molar-refractivity contribution in [1.82, 2.24) is 0 Å². The van der Waals surface area contributed by atoms with Crippen LogP contribution < -0.4 is 8.85 Å². The molecule has 0 bridgehead atoms. The minimum Gasteiger partial charge on any atom is -0.509 e. The summed E-state index contributed by atoms with van der Waals surface area (Å²) in [7, 11) is -2.97. The fraction of sp³-hybridized carbons (Fsp3) is 0.143. The molecular formula is C14H8Cl8O2Si. The van der Waals surface area contributed by atoms with E-state index >= 15 is 0 Å². The van der Waals surface area contributed by atoms with Crippen molar-refractivity contribution >= 4 is 101 Å². The van der Waals surface area contributed by atoms with Gasteiger partial charge in [0.1, 0.15) is 31.6 Å². The average Bonchev–Trinajstić information content (AvgIpc) is 2.52. The molecule has 0 unspecified atom stereocenters. The van der Waals surface area contributed by atoms with Crippen LogP contribution in [0, 0.1) is 0 Å². The van der Waals surface area contributed by atoms with E-state index in [0.29, 0.717) is 0 Å². The van der Waals surface area contributed by atoms with Crippen LogP contribution in [0.25, 0.3) is 0 Å². The smallest absolute Gasteiger partial charge is 0.454 e. The molecule has 2 rings (SSSR count). The van der Waals surface area contributed by atoms with E-state index in [2.05, 4.69) is 0 Å². The van der Waals surface area contributed by atoms with Crippen molar-refractivity contribution in [3.8, 4) is 11.5 Å². The zero-order valence-corrected chi connectivity index (χ0v) is 19.5. The van der Waals surface area contributed by atoms with Crippen LogP contribution in [0.3, 0.4) is 0 Å². The van der Waals surface area contributed by atoms with Crippen molar-refractivity contribution in [3.63, 3.8) is 0 Å². The number of benzene rings is 2. The fourth-order valence-electron chi connectivity index (χ4n) is 1.79. The van der Waals surface area contributed by atoms with Crippen molar-refractivity contribution < 1.29 is 8.85 Å². The van der Waals surface area contributed by atoms with Crippen LogP contribution in [0.5, 0.6) is 11.5 Å². The first-order valence-electron chi connectivity index (χ1n) is 6.48. The largest absolute Gasteiger partial charge is 0.509 e. The highest BCUT2D eigenvalue weighted by Gasteiger charge is 2.34. The molecule has 0 saturated heterocycles. The lowest BCUT2D eigenvalue weighted by Crippen LogP contribution is -2.42. The third-order valence-corrected chi connectivity index (χ3v) is 7.31. The Morgan fingerprint density at radius 1 is 0.560 bits per heavy atom. The zero-order chi connectivity index (χ0) is 19.1. The van der Waals surface area contributed by atoms with Gasteiger partial charge in [0.2, 0.25) is 0 Å². The summed E-state index contributed by atoms with van der Waals surface area (Å²) in [5.74, 6) is 0.218. The van der Waals surface area contributed by atoms with Crippen LogP contribution in [-0.2, 0) is 0 Å². The second-order valence-electron chi connectivity index (χ2n) is 5.20. The molecule has 0 aliphatic heterocycles. The molecule has 136 valence electrons. The van der Waals surface area contributed by atoms with E-state index in [1.165, 1.54) is 12.1 Å². The summed E-state index contributed by atoms with van der Waals surface area (Å²) in [4.78, 5) is 0. The van der Waals surface area contributed by atoms with Gasteiger partial charge in [-0.1, -0.05) is 92.8 Å². The van der Waals surface area contributed by atoms with Crippen LogP contribution >= 0.6 is 92.8 Å². The minimum atomic E-state index is -2.97. The Hall–Kier alpha value is 0.577. The maximum absolute atomic E-state index is 6.16. The first-order chi connectivity index (χ1) is 11.4. The molecule has 0 aromatic heterocycles. The molecule has 0 aliphatic carbocycles. The number of hydrogen-bond donors (Lipinski definition) is 0. The zero-order valence-electron chi connectivity index (χ0n) is 12.5. The maximum atomic E-state index is 6.16. The third-order valence-electron chi connectivity index (χ3n) is 2.84. The molecule has 0 aliphatic rings. The monoisotopic (exact) mass is 516 g/mol. The minimum absolute atomic E-state index is 0.109. The normalized spacial score (nSPS) is 11.6. The first kappa shape index (κ1) is 21.9. The molecule has 2 aromatic carbocycles. The summed E-state index contributed by atoms with van der Waals surface area (Å²) in [5.41, 5.74) is 0. The molecule has 11 heteroatoms. The molecule has 0 heterocycles.